The van der Waals surface area contributed by atoms with Crippen molar-refractivity contribution in [1.29, 1.82) is 0 Å². The number of benzene rings is 2. The van der Waals surface area contributed by atoms with Gasteiger partial charge in [0.25, 0.3) is 0 Å². The summed E-state index contributed by atoms with van der Waals surface area (Å²) in [5, 5.41) is 2.05. The molecular formula is C24H23NO3S. The van der Waals surface area contributed by atoms with Crippen molar-refractivity contribution in [2.75, 3.05) is 20.8 Å². The number of ether oxygens (including phenoxy) is 2. The quantitative estimate of drug-likeness (QED) is 0.564. The molecular weight excluding hydrogens is 382 g/mol. The van der Waals surface area contributed by atoms with Crippen LogP contribution in [0.5, 0.6) is 11.5 Å². The van der Waals surface area contributed by atoms with Gasteiger partial charge in [0.15, 0.2) is 11.5 Å². The number of thiophene rings is 1. The number of rotatable bonds is 5. The fourth-order valence-electron chi connectivity index (χ4n) is 3.76. The van der Waals surface area contributed by atoms with Gasteiger partial charge in [-0.25, -0.2) is 0 Å². The minimum absolute atomic E-state index is 0.00712. The van der Waals surface area contributed by atoms with E-state index in [2.05, 4.69) is 6.07 Å². The van der Waals surface area contributed by atoms with Gasteiger partial charge < -0.3 is 14.4 Å². The van der Waals surface area contributed by atoms with Gasteiger partial charge in [-0.05, 0) is 52.8 Å². The van der Waals surface area contributed by atoms with Crippen LogP contribution >= 0.6 is 11.3 Å². The van der Waals surface area contributed by atoms with Crippen molar-refractivity contribution >= 4 is 23.3 Å². The third-order valence-corrected chi connectivity index (χ3v) is 6.11. The molecule has 0 spiro atoms. The predicted molar refractivity (Wildman–Crippen MR) is 117 cm³/mol. The molecule has 4 nitrogen and oxygen atoms in total. The van der Waals surface area contributed by atoms with Crippen LogP contribution in [0.2, 0.25) is 0 Å². The molecule has 0 radical (unpaired) electrons. The Morgan fingerprint density at radius 1 is 1.07 bits per heavy atom. The van der Waals surface area contributed by atoms with Crippen molar-refractivity contribution < 1.29 is 14.3 Å². The zero-order valence-electron chi connectivity index (χ0n) is 16.5. The Hall–Kier alpha value is -3.05. The molecule has 29 heavy (non-hydrogen) atoms. The lowest BCUT2D eigenvalue weighted by Gasteiger charge is -2.37. The van der Waals surface area contributed by atoms with E-state index in [1.54, 1.807) is 31.6 Å². The number of nitrogens with zero attached hydrogens (tertiary/aromatic N) is 1. The second kappa shape index (κ2) is 8.53. The SMILES string of the molecule is COc1cc2c(cc1OC)[C@@H](c1cccs1)N(C(=O)/C=C/c1ccccc1)CC2. The normalized spacial score (nSPS) is 15.9. The van der Waals surface area contributed by atoms with E-state index in [-0.39, 0.29) is 11.9 Å². The molecule has 1 aromatic heterocycles. The average molecular weight is 406 g/mol. The van der Waals surface area contributed by atoms with Crippen LogP contribution in [0.4, 0.5) is 0 Å². The summed E-state index contributed by atoms with van der Waals surface area (Å²) >= 11 is 1.66. The molecule has 4 rings (SSSR count). The number of carbonyl (C=O) groups is 1. The van der Waals surface area contributed by atoms with Crippen LogP contribution in [0.3, 0.4) is 0 Å². The Balaban J connectivity index is 1.72. The standard InChI is InChI=1S/C24H23NO3S/c1-27-20-15-18-12-13-25(23(26)11-10-17-7-4-3-5-8-17)24(22-9-6-14-29-22)19(18)16-21(20)28-2/h3-11,14-16,24H,12-13H2,1-2H3/b11-10+/t24-/m0/s1. The summed E-state index contributed by atoms with van der Waals surface area (Å²) in [6.45, 7) is 0.656. The zero-order chi connectivity index (χ0) is 20.2. The highest BCUT2D eigenvalue weighted by molar-refractivity contribution is 7.10. The van der Waals surface area contributed by atoms with Crippen LogP contribution < -0.4 is 9.47 Å². The molecule has 1 aliphatic rings. The summed E-state index contributed by atoms with van der Waals surface area (Å²) in [7, 11) is 3.28. The van der Waals surface area contributed by atoms with Gasteiger partial charge >= 0.3 is 0 Å². The van der Waals surface area contributed by atoms with E-state index in [1.165, 1.54) is 5.56 Å². The molecule has 3 aromatic rings. The summed E-state index contributed by atoms with van der Waals surface area (Å²) in [4.78, 5) is 16.2. The second-order valence-electron chi connectivity index (χ2n) is 6.85. The summed E-state index contributed by atoms with van der Waals surface area (Å²) in [6, 6.07) is 17.9. The summed E-state index contributed by atoms with van der Waals surface area (Å²) in [6.07, 6.45) is 4.32. The topological polar surface area (TPSA) is 38.8 Å². The lowest BCUT2D eigenvalue weighted by atomic mass is 9.90. The zero-order valence-corrected chi connectivity index (χ0v) is 17.3. The number of fused-ring (bicyclic) bond motifs is 1. The lowest BCUT2D eigenvalue weighted by molar-refractivity contribution is -0.127. The van der Waals surface area contributed by atoms with E-state index in [9.17, 15) is 4.79 Å². The van der Waals surface area contributed by atoms with E-state index >= 15 is 0 Å². The molecule has 2 aromatic carbocycles. The van der Waals surface area contributed by atoms with E-state index in [1.807, 2.05) is 64.9 Å². The number of hydrogen-bond donors (Lipinski definition) is 0. The van der Waals surface area contributed by atoms with E-state index in [4.69, 9.17) is 9.47 Å². The van der Waals surface area contributed by atoms with Gasteiger partial charge in [-0.15, -0.1) is 11.3 Å². The third kappa shape index (κ3) is 3.91. The van der Waals surface area contributed by atoms with Crippen molar-refractivity contribution in [3.63, 3.8) is 0 Å². The Kier molecular flexibility index (Phi) is 5.67. The fourth-order valence-corrected chi connectivity index (χ4v) is 4.62. The molecule has 0 saturated heterocycles. The van der Waals surface area contributed by atoms with Crippen LogP contribution in [-0.4, -0.2) is 31.6 Å². The van der Waals surface area contributed by atoms with Gasteiger partial charge in [-0.1, -0.05) is 36.4 Å². The molecule has 2 heterocycles. The maximum absolute atomic E-state index is 13.2. The van der Waals surface area contributed by atoms with Crippen LogP contribution in [0.15, 0.2) is 66.1 Å². The maximum Gasteiger partial charge on any atom is 0.247 e. The van der Waals surface area contributed by atoms with Gasteiger partial charge in [0.1, 0.15) is 0 Å². The molecule has 148 valence electrons. The molecule has 0 fully saturated rings. The Morgan fingerprint density at radius 3 is 2.52 bits per heavy atom. The highest BCUT2D eigenvalue weighted by atomic mass is 32.1. The number of hydrogen-bond acceptors (Lipinski definition) is 4. The molecule has 5 heteroatoms. The number of methoxy groups -OCH3 is 2. The third-order valence-electron chi connectivity index (χ3n) is 5.19. The maximum atomic E-state index is 13.2. The van der Waals surface area contributed by atoms with E-state index in [0.29, 0.717) is 12.3 Å². The van der Waals surface area contributed by atoms with Crippen LogP contribution in [0.25, 0.3) is 6.08 Å². The van der Waals surface area contributed by atoms with Crippen LogP contribution in [-0.2, 0) is 11.2 Å². The average Bonchev–Trinajstić information content (AvgIpc) is 3.30. The van der Waals surface area contributed by atoms with Crippen molar-refractivity contribution in [3.05, 3.63) is 87.6 Å². The summed E-state index contributed by atoms with van der Waals surface area (Å²) in [5.41, 5.74) is 3.30. The van der Waals surface area contributed by atoms with Crippen molar-refractivity contribution in [2.24, 2.45) is 0 Å². The summed E-state index contributed by atoms with van der Waals surface area (Å²) in [5.74, 6) is 1.41. The second-order valence-corrected chi connectivity index (χ2v) is 7.83. The van der Waals surface area contributed by atoms with Crippen LogP contribution in [0, 0.1) is 0 Å². The first kappa shape index (κ1) is 19.3. The van der Waals surface area contributed by atoms with Gasteiger partial charge in [0, 0.05) is 17.5 Å². The molecule has 1 atom stereocenters. The first-order valence-electron chi connectivity index (χ1n) is 9.53. The minimum atomic E-state index is -0.133. The molecule has 0 saturated carbocycles. The molecule has 0 bridgehead atoms. The first-order valence-corrected chi connectivity index (χ1v) is 10.4. The number of amides is 1. The monoisotopic (exact) mass is 405 g/mol. The van der Waals surface area contributed by atoms with E-state index < -0.39 is 0 Å². The molecule has 0 N–H and O–H groups in total. The Labute approximate surface area is 175 Å². The van der Waals surface area contributed by atoms with Gasteiger partial charge in [-0.3, -0.25) is 4.79 Å². The van der Waals surface area contributed by atoms with Crippen molar-refractivity contribution in [1.82, 2.24) is 4.90 Å². The van der Waals surface area contributed by atoms with Gasteiger partial charge in [0.05, 0.1) is 20.3 Å². The largest absolute Gasteiger partial charge is 0.493 e. The first-order chi connectivity index (χ1) is 14.2. The molecule has 1 aliphatic heterocycles. The fraction of sp³-hybridized carbons (Fsp3) is 0.208. The van der Waals surface area contributed by atoms with Crippen molar-refractivity contribution in [3.8, 4) is 11.5 Å². The summed E-state index contributed by atoms with van der Waals surface area (Å²) < 4.78 is 11.0. The van der Waals surface area contributed by atoms with Gasteiger partial charge in [-0.2, -0.15) is 0 Å². The molecule has 0 unspecified atom stereocenters. The Bertz CT molecular complexity index is 1010. The van der Waals surface area contributed by atoms with Gasteiger partial charge in [0.2, 0.25) is 5.91 Å². The highest BCUT2D eigenvalue weighted by Gasteiger charge is 2.33. The molecule has 0 aliphatic carbocycles. The molecule has 1 amide bonds. The highest BCUT2D eigenvalue weighted by Crippen LogP contribution is 2.42. The van der Waals surface area contributed by atoms with E-state index in [0.717, 1.165) is 28.2 Å². The Morgan fingerprint density at radius 2 is 1.83 bits per heavy atom. The van der Waals surface area contributed by atoms with Crippen LogP contribution in [0.1, 0.15) is 27.6 Å². The smallest absolute Gasteiger partial charge is 0.247 e. The number of carbonyl (C=O) groups excluding carboxylic acids is 1. The lowest BCUT2D eigenvalue weighted by Crippen LogP contribution is -2.39. The minimum Gasteiger partial charge on any atom is -0.493 e. The van der Waals surface area contributed by atoms with Crippen molar-refractivity contribution in [2.45, 2.75) is 12.5 Å². The predicted octanol–water partition coefficient (Wildman–Crippen LogP) is 4.95.